The van der Waals surface area contributed by atoms with Crippen molar-refractivity contribution in [2.45, 2.75) is 13.0 Å². The molecule has 0 fully saturated rings. The quantitative estimate of drug-likeness (QED) is 0.866. The number of carbonyl (C=O) groups excluding carboxylic acids is 1. The normalized spacial score (nSPS) is 12.0. The van der Waals surface area contributed by atoms with Crippen LogP contribution in [0.25, 0.3) is 0 Å². The van der Waals surface area contributed by atoms with Gasteiger partial charge in [0.05, 0.1) is 11.1 Å². The van der Waals surface area contributed by atoms with E-state index in [0.717, 1.165) is 0 Å². The highest BCUT2D eigenvalue weighted by Gasteiger charge is 2.15. The number of amides is 1. The molecule has 1 aromatic rings. The molecule has 0 aliphatic heterocycles. The number of benzene rings is 1. The van der Waals surface area contributed by atoms with Crippen LogP contribution in [0, 0.1) is 5.82 Å². The molecular weight excluding hydrogens is 293 g/mol. The van der Waals surface area contributed by atoms with Crippen LogP contribution in [-0.4, -0.2) is 30.3 Å². The first-order valence-corrected chi connectivity index (χ1v) is 5.84. The van der Waals surface area contributed by atoms with E-state index in [2.05, 4.69) is 21.2 Å². The molecule has 4 nitrogen and oxygen atoms in total. The Balaban J connectivity index is 2.61. The van der Waals surface area contributed by atoms with Crippen LogP contribution in [0.3, 0.4) is 0 Å². The molecule has 1 amide bonds. The predicted octanol–water partition coefficient (Wildman–Crippen LogP) is 1.46. The number of aliphatic hydroxyl groups excluding tert-OH is 1. The lowest BCUT2D eigenvalue weighted by Crippen LogP contribution is -2.37. The largest absolute Gasteiger partial charge is 0.480 e. The Morgan fingerprint density at radius 2 is 2.35 bits per heavy atom. The minimum atomic E-state index is -0.719. The Hall–Kier alpha value is -1.14. The molecule has 0 aliphatic carbocycles. The first kappa shape index (κ1) is 13.9. The van der Waals surface area contributed by atoms with Crippen LogP contribution < -0.4 is 10.1 Å². The minimum absolute atomic E-state index is 0.126. The fourth-order valence-electron chi connectivity index (χ4n) is 1.14. The molecule has 0 saturated heterocycles. The van der Waals surface area contributed by atoms with Crippen LogP contribution in [0.5, 0.6) is 5.75 Å². The van der Waals surface area contributed by atoms with Gasteiger partial charge >= 0.3 is 0 Å². The molecule has 1 rings (SSSR count). The van der Waals surface area contributed by atoms with Crippen molar-refractivity contribution in [1.82, 2.24) is 5.32 Å². The Bertz CT molecular complexity index is 400. The van der Waals surface area contributed by atoms with E-state index in [4.69, 9.17) is 9.84 Å². The maximum atomic E-state index is 12.8. The molecule has 94 valence electrons. The molecule has 17 heavy (non-hydrogen) atoms. The molecule has 1 atom stereocenters. The van der Waals surface area contributed by atoms with Crippen molar-refractivity contribution in [3.8, 4) is 5.75 Å². The second-order valence-electron chi connectivity index (χ2n) is 3.35. The third kappa shape index (κ3) is 4.32. The van der Waals surface area contributed by atoms with Crippen LogP contribution in [0.15, 0.2) is 22.7 Å². The fraction of sp³-hybridized carbons (Fsp3) is 0.364. The number of nitrogens with one attached hydrogen (secondary N) is 1. The molecule has 0 spiro atoms. The Morgan fingerprint density at radius 1 is 1.65 bits per heavy atom. The molecular formula is C11H13BrFNO3. The van der Waals surface area contributed by atoms with Crippen molar-refractivity contribution < 1.29 is 19.0 Å². The molecule has 0 heterocycles. The molecule has 1 unspecified atom stereocenters. The zero-order valence-corrected chi connectivity index (χ0v) is 10.8. The predicted molar refractivity (Wildman–Crippen MR) is 64.3 cm³/mol. The zero-order chi connectivity index (χ0) is 12.8. The lowest BCUT2D eigenvalue weighted by atomic mass is 10.3. The third-order valence-corrected chi connectivity index (χ3v) is 2.60. The summed E-state index contributed by atoms with van der Waals surface area (Å²) in [6.07, 6.45) is -0.719. The maximum Gasteiger partial charge on any atom is 0.260 e. The Morgan fingerprint density at radius 3 is 2.94 bits per heavy atom. The fourth-order valence-corrected chi connectivity index (χ4v) is 1.58. The maximum absolute atomic E-state index is 12.8. The van der Waals surface area contributed by atoms with E-state index in [1.54, 1.807) is 6.92 Å². The van der Waals surface area contributed by atoms with Gasteiger partial charge in [0.2, 0.25) is 0 Å². The van der Waals surface area contributed by atoms with Gasteiger partial charge in [-0.2, -0.15) is 0 Å². The van der Waals surface area contributed by atoms with E-state index < -0.39 is 6.10 Å². The highest BCUT2D eigenvalue weighted by Crippen LogP contribution is 2.26. The molecule has 1 aromatic carbocycles. The monoisotopic (exact) mass is 305 g/mol. The van der Waals surface area contributed by atoms with Gasteiger partial charge in [0, 0.05) is 6.54 Å². The topological polar surface area (TPSA) is 58.6 Å². The Labute approximate surface area is 107 Å². The van der Waals surface area contributed by atoms with E-state index in [-0.39, 0.29) is 24.9 Å². The number of carbonyl (C=O) groups is 1. The van der Waals surface area contributed by atoms with E-state index in [9.17, 15) is 9.18 Å². The summed E-state index contributed by atoms with van der Waals surface area (Å²) < 4.78 is 18.6. The lowest BCUT2D eigenvalue weighted by Gasteiger charge is -2.15. The van der Waals surface area contributed by atoms with Gasteiger partial charge in [0.25, 0.3) is 5.91 Å². The van der Waals surface area contributed by atoms with Gasteiger partial charge in [0.15, 0.2) is 6.10 Å². The van der Waals surface area contributed by atoms with Crippen molar-refractivity contribution in [2.75, 3.05) is 13.2 Å². The van der Waals surface area contributed by atoms with Crippen molar-refractivity contribution in [3.63, 3.8) is 0 Å². The summed E-state index contributed by atoms with van der Waals surface area (Å²) in [5, 5.41) is 11.0. The first-order valence-electron chi connectivity index (χ1n) is 5.05. The van der Waals surface area contributed by atoms with Crippen LogP contribution in [0.1, 0.15) is 6.92 Å². The average Bonchev–Trinajstić information content (AvgIpc) is 2.29. The number of ether oxygens (including phenoxy) is 1. The SMILES string of the molecule is CC(Oc1ccc(F)cc1Br)C(=O)NCCO. The minimum Gasteiger partial charge on any atom is -0.480 e. The summed E-state index contributed by atoms with van der Waals surface area (Å²) in [5.41, 5.74) is 0. The standard InChI is InChI=1S/C11H13BrFNO3/c1-7(11(16)14-4-5-15)17-10-3-2-8(13)6-9(10)12/h2-3,6-7,15H,4-5H2,1H3,(H,14,16). The van der Waals surface area contributed by atoms with Crippen molar-refractivity contribution in [3.05, 3.63) is 28.5 Å². The third-order valence-electron chi connectivity index (χ3n) is 1.98. The summed E-state index contributed by atoms with van der Waals surface area (Å²) in [4.78, 5) is 11.4. The number of aliphatic hydroxyl groups is 1. The molecule has 0 aromatic heterocycles. The molecule has 0 aliphatic rings. The van der Waals surface area contributed by atoms with Gasteiger partial charge in [-0.3, -0.25) is 4.79 Å². The molecule has 0 bridgehead atoms. The molecule has 0 radical (unpaired) electrons. The van der Waals surface area contributed by atoms with Crippen LogP contribution in [-0.2, 0) is 4.79 Å². The van der Waals surface area contributed by atoms with Gasteiger partial charge in [-0.1, -0.05) is 0 Å². The van der Waals surface area contributed by atoms with Crippen molar-refractivity contribution in [1.29, 1.82) is 0 Å². The molecule has 0 saturated carbocycles. The second kappa shape index (κ2) is 6.56. The van der Waals surface area contributed by atoms with Gasteiger partial charge in [0.1, 0.15) is 11.6 Å². The van der Waals surface area contributed by atoms with Gasteiger partial charge in [-0.25, -0.2) is 4.39 Å². The average molecular weight is 306 g/mol. The second-order valence-corrected chi connectivity index (χ2v) is 4.20. The summed E-state index contributed by atoms with van der Waals surface area (Å²) in [6.45, 7) is 1.62. The van der Waals surface area contributed by atoms with E-state index in [1.807, 2.05) is 0 Å². The summed E-state index contributed by atoms with van der Waals surface area (Å²) in [5.74, 6) is -0.338. The summed E-state index contributed by atoms with van der Waals surface area (Å²) in [7, 11) is 0. The number of hydrogen-bond donors (Lipinski definition) is 2. The smallest absolute Gasteiger partial charge is 0.260 e. The molecule has 6 heteroatoms. The van der Waals surface area contributed by atoms with E-state index >= 15 is 0 Å². The van der Waals surface area contributed by atoms with Crippen molar-refractivity contribution in [2.24, 2.45) is 0 Å². The zero-order valence-electron chi connectivity index (χ0n) is 9.24. The van der Waals surface area contributed by atoms with Crippen LogP contribution in [0.4, 0.5) is 4.39 Å². The Kier molecular flexibility index (Phi) is 5.37. The van der Waals surface area contributed by atoms with Gasteiger partial charge in [-0.15, -0.1) is 0 Å². The van der Waals surface area contributed by atoms with Crippen LogP contribution in [0.2, 0.25) is 0 Å². The highest BCUT2D eigenvalue weighted by molar-refractivity contribution is 9.10. The first-order chi connectivity index (χ1) is 8.04. The number of rotatable bonds is 5. The summed E-state index contributed by atoms with van der Waals surface area (Å²) in [6, 6.07) is 3.95. The van der Waals surface area contributed by atoms with E-state index in [1.165, 1.54) is 18.2 Å². The highest BCUT2D eigenvalue weighted by atomic mass is 79.9. The van der Waals surface area contributed by atoms with Crippen molar-refractivity contribution >= 4 is 21.8 Å². The van der Waals surface area contributed by atoms with Crippen LogP contribution >= 0.6 is 15.9 Å². The lowest BCUT2D eigenvalue weighted by molar-refractivity contribution is -0.127. The van der Waals surface area contributed by atoms with E-state index in [0.29, 0.717) is 10.2 Å². The number of hydrogen-bond acceptors (Lipinski definition) is 3. The summed E-state index contributed by atoms with van der Waals surface area (Å²) >= 11 is 3.14. The van der Waals surface area contributed by atoms with Gasteiger partial charge in [-0.05, 0) is 41.1 Å². The molecule has 2 N–H and O–H groups in total. The van der Waals surface area contributed by atoms with Gasteiger partial charge < -0.3 is 15.2 Å². The number of halogens is 2.